The zero-order chi connectivity index (χ0) is 21.9. The monoisotopic (exact) mass is 534 g/mol. The summed E-state index contributed by atoms with van der Waals surface area (Å²) < 4.78 is 5.14. The van der Waals surface area contributed by atoms with E-state index in [1.807, 2.05) is 36.4 Å². The SMILES string of the molecule is COc1ccc([NH+]=C(O)SCCCN2CCN(CCCc3ccc(Cl)cc3)CC2)cc1.Cl.Cl. The van der Waals surface area contributed by atoms with E-state index in [0.717, 1.165) is 74.3 Å². The van der Waals surface area contributed by atoms with Gasteiger partial charge in [-0.2, -0.15) is 4.99 Å². The van der Waals surface area contributed by atoms with Crippen LogP contribution in [0.5, 0.6) is 5.75 Å². The van der Waals surface area contributed by atoms with E-state index in [4.69, 9.17) is 16.3 Å². The predicted octanol–water partition coefficient (Wildman–Crippen LogP) is 4.19. The zero-order valence-electron chi connectivity index (χ0n) is 19.0. The number of aliphatic hydroxyl groups is 1. The van der Waals surface area contributed by atoms with Crippen LogP contribution in [0.1, 0.15) is 18.4 Å². The van der Waals surface area contributed by atoms with Gasteiger partial charge >= 0.3 is 5.23 Å². The van der Waals surface area contributed by atoms with E-state index in [1.165, 1.54) is 23.7 Å². The Bertz CT molecular complexity index is 815. The topological polar surface area (TPSA) is 49.9 Å². The Kier molecular flexibility index (Phi) is 14.9. The maximum absolute atomic E-state index is 10.1. The summed E-state index contributed by atoms with van der Waals surface area (Å²) in [4.78, 5) is 8.13. The fraction of sp³-hybridized carbons (Fsp3) is 0.458. The minimum Gasteiger partial charge on any atom is -0.497 e. The summed E-state index contributed by atoms with van der Waals surface area (Å²) in [6, 6.07) is 15.7. The number of hydrogen-bond donors (Lipinski definition) is 2. The normalized spacial score (nSPS) is 14.9. The van der Waals surface area contributed by atoms with Crippen molar-refractivity contribution in [2.24, 2.45) is 0 Å². The van der Waals surface area contributed by atoms with Gasteiger partial charge in [-0.05, 0) is 73.9 Å². The van der Waals surface area contributed by atoms with E-state index >= 15 is 0 Å². The zero-order valence-corrected chi connectivity index (χ0v) is 22.2. The summed E-state index contributed by atoms with van der Waals surface area (Å²) in [6.07, 6.45) is 3.36. The second-order valence-electron chi connectivity index (χ2n) is 7.77. The summed E-state index contributed by atoms with van der Waals surface area (Å²) in [7, 11) is 1.64. The van der Waals surface area contributed by atoms with Gasteiger partial charge in [0.2, 0.25) is 5.69 Å². The molecule has 33 heavy (non-hydrogen) atoms. The predicted molar refractivity (Wildman–Crippen MR) is 145 cm³/mol. The molecule has 0 radical (unpaired) electrons. The standard InChI is InChI=1S/C24H32ClN3O2S.2ClH/c1-30-23-11-9-22(10-12-23)26-24(29)31-19-3-14-28-17-15-27(16-18-28)13-2-4-20-5-7-21(25)8-6-20;;/h5-12H,2-4,13-19H2,1H3,(H,26,29);2*1H/p+1. The van der Waals surface area contributed by atoms with Gasteiger partial charge in [-0.15, -0.1) is 24.8 Å². The van der Waals surface area contributed by atoms with E-state index in [-0.39, 0.29) is 30.0 Å². The molecule has 0 atom stereocenters. The van der Waals surface area contributed by atoms with Crippen molar-refractivity contribution in [3.05, 3.63) is 59.1 Å². The minimum absolute atomic E-state index is 0. The number of hydrogen-bond acceptors (Lipinski definition) is 4. The van der Waals surface area contributed by atoms with Crippen LogP contribution < -0.4 is 9.73 Å². The fourth-order valence-corrected chi connectivity index (χ4v) is 4.47. The van der Waals surface area contributed by atoms with Crippen molar-refractivity contribution in [3.63, 3.8) is 0 Å². The maximum atomic E-state index is 10.1. The molecule has 0 unspecified atom stereocenters. The Morgan fingerprint density at radius 2 is 1.52 bits per heavy atom. The molecule has 1 heterocycles. The summed E-state index contributed by atoms with van der Waals surface area (Å²) >= 11 is 7.41. The van der Waals surface area contributed by atoms with Gasteiger partial charge in [0.05, 0.1) is 7.11 Å². The van der Waals surface area contributed by atoms with Crippen LogP contribution in [-0.2, 0) is 6.42 Å². The molecule has 184 valence electrons. The minimum atomic E-state index is 0. The van der Waals surface area contributed by atoms with Crippen LogP contribution in [0.15, 0.2) is 48.5 Å². The lowest BCUT2D eigenvalue weighted by Gasteiger charge is -2.34. The first kappa shape index (κ1) is 29.9. The fourth-order valence-electron chi connectivity index (χ4n) is 3.69. The largest absolute Gasteiger partial charge is 0.497 e. The average Bonchev–Trinajstić information content (AvgIpc) is 2.79. The third-order valence-electron chi connectivity index (χ3n) is 5.52. The molecule has 3 rings (SSSR count). The molecule has 2 N–H and O–H groups in total. The van der Waals surface area contributed by atoms with Crippen molar-refractivity contribution < 1.29 is 14.8 Å². The lowest BCUT2D eigenvalue weighted by atomic mass is 10.1. The van der Waals surface area contributed by atoms with Gasteiger partial charge in [0, 0.05) is 49.1 Å². The lowest BCUT2D eigenvalue weighted by molar-refractivity contribution is -0.360. The van der Waals surface area contributed by atoms with Crippen LogP contribution in [0.2, 0.25) is 5.02 Å². The molecule has 1 aliphatic heterocycles. The number of aryl methyl sites for hydroxylation is 1. The summed E-state index contributed by atoms with van der Waals surface area (Å²) in [6.45, 7) is 6.79. The molecular weight excluding hydrogens is 501 g/mol. The molecule has 2 aromatic rings. The average molecular weight is 536 g/mol. The van der Waals surface area contributed by atoms with E-state index < -0.39 is 0 Å². The van der Waals surface area contributed by atoms with Crippen molar-refractivity contribution in [2.75, 3.05) is 52.1 Å². The number of piperazine rings is 1. The molecule has 0 aliphatic carbocycles. The summed E-state index contributed by atoms with van der Waals surface area (Å²) in [5.41, 5.74) is 2.22. The highest BCUT2D eigenvalue weighted by Crippen LogP contribution is 2.13. The van der Waals surface area contributed by atoms with Crippen molar-refractivity contribution >= 4 is 59.1 Å². The van der Waals surface area contributed by atoms with Gasteiger partial charge in [-0.25, -0.2) is 0 Å². The number of nitrogens with zero attached hydrogens (tertiary/aromatic N) is 2. The second kappa shape index (κ2) is 16.5. The van der Waals surface area contributed by atoms with E-state index in [0.29, 0.717) is 0 Å². The van der Waals surface area contributed by atoms with Gasteiger partial charge in [-0.1, -0.05) is 23.7 Å². The third kappa shape index (κ3) is 11.2. The molecular formula is C24H35Cl3N3O2S+. The van der Waals surface area contributed by atoms with Crippen LogP contribution in [0.4, 0.5) is 5.69 Å². The molecule has 1 fully saturated rings. The first-order chi connectivity index (χ1) is 15.1. The highest BCUT2D eigenvalue weighted by molar-refractivity contribution is 8.13. The van der Waals surface area contributed by atoms with Crippen molar-refractivity contribution in [2.45, 2.75) is 19.3 Å². The number of aliphatic hydroxyl groups excluding tert-OH is 1. The molecule has 0 bridgehead atoms. The molecule has 1 aliphatic rings. The van der Waals surface area contributed by atoms with Gasteiger partial charge < -0.3 is 19.6 Å². The van der Waals surface area contributed by atoms with Gasteiger partial charge in [0.1, 0.15) is 5.75 Å². The van der Waals surface area contributed by atoms with E-state index in [1.54, 1.807) is 7.11 Å². The smallest absolute Gasteiger partial charge is 0.402 e. The molecule has 1 saturated heterocycles. The van der Waals surface area contributed by atoms with E-state index in [9.17, 15) is 5.11 Å². The molecule has 0 spiro atoms. The Labute approximate surface area is 219 Å². The van der Waals surface area contributed by atoms with Crippen molar-refractivity contribution in [3.8, 4) is 5.75 Å². The number of thioether (sulfide) groups is 1. The number of methoxy groups -OCH3 is 1. The highest BCUT2D eigenvalue weighted by Gasteiger charge is 2.16. The van der Waals surface area contributed by atoms with Gasteiger partial charge in [0.25, 0.3) is 0 Å². The number of ether oxygens (including phenoxy) is 1. The van der Waals surface area contributed by atoms with Crippen LogP contribution in [0.3, 0.4) is 0 Å². The molecule has 9 heteroatoms. The number of halogens is 3. The van der Waals surface area contributed by atoms with Crippen molar-refractivity contribution in [1.82, 2.24) is 9.80 Å². The molecule has 0 saturated carbocycles. The van der Waals surface area contributed by atoms with Gasteiger partial charge in [-0.3, -0.25) is 0 Å². The molecule has 2 aromatic carbocycles. The molecule has 0 amide bonds. The number of nitrogens with one attached hydrogen (secondary N) is 1. The first-order valence-electron chi connectivity index (χ1n) is 10.9. The first-order valence-corrected chi connectivity index (χ1v) is 12.3. The Morgan fingerprint density at radius 3 is 2.09 bits per heavy atom. The van der Waals surface area contributed by atoms with Gasteiger partial charge in [0.15, 0.2) is 0 Å². The van der Waals surface area contributed by atoms with Crippen LogP contribution in [-0.4, -0.2) is 72.3 Å². The summed E-state index contributed by atoms with van der Waals surface area (Å²) in [5.74, 6) is 1.70. The number of benzene rings is 2. The van der Waals surface area contributed by atoms with Crippen LogP contribution in [0, 0.1) is 0 Å². The molecule has 5 nitrogen and oxygen atoms in total. The lowest BCUT2D eigenvalue weighted by Crippen LogP contribution is -2.65. The third-order valence-corrected chi connectivity index (χ3v) is 6.64. The maximum Gasteiger partial charge on any atom is 0.402 e. The Hall–Kier alpha value is -1.15. The number of rotatable bonds is 10. The van der Waals surface area contributed by atoms with Crippen LogP contribution in [0.25, 0.3) is 0 Å². The van der Waals surface area contributed by atoms with Crippen LogP contribution >= 0.6 is 48.2 Å². The Morgan fingerprint density at radius 1 is 0.939 bits per heavy atom. The Balaban J connectivity index is 0.00000272. The summed E-state index contributed by atoms with van der Waals surface area (Å²) in [5, 5.41) is 11.1. The van der Waals surface area contributed by atoms with Crippen molar-refractivity contribution in [1.29, 1.82) is 0 Å². The van der Waals surface area contributed by atoms with E-state index in [2.05, 4.69) is 26.9 Å². The quantitative estimate of drug-likeness (QED) is 0.271. The second-order valence-corrected chi connectivity index (χ2v) is 9.29. The highest BCUT2D eigenvalue weighted by atomic mass is 35.5. The molecule has 0 aromatic heterocycles.